The SMILES string of the molecule is CCN(C[C@@H]1COc2ccccc2O1)C(=O)C[NH+](C)CC(=O)NC1CC1. The van der Waals surface area contributed by atoms with Crippen LogP contribution in [0.15, 0.2) is 24.3 Å². The molecule has 0 bridgehead atoms. The summed E-state index contributed by atoms with van der Waals surface area (Å²) >= 11 is 0. The number of carbonyl (C=O) groups excluding carboxylic acids is 2. The number of benzene rings is 1. The highest BCUT2D eigenvalue weighted by Crippen LogP contribution is 2.30. The number of fused-ring (bicyclic) bond motifs is 1. The Bertz CT molecular complexity index is 647. The van der Waals surface area contributed by atoms with E-state index < -0.39 is 0 Å². The maximum atomic E-state index is 12.6. The molecule has 0 aromatic heterocycles. The van der Waals surface area contributed by atoms with Gasteiger partial charge < -0.3 is 24.6 Å². The Morgan fingerprint density at radius 1 is 1.23 bits per heavy atom. The molecule has 0 radical (unpaired) electrons. The molecule has 1 heterocycles. The number of nitrogens with zero attached hydrogens (tertiary/aromatic N) is 1. The molecule has 1 saturated carbocycles. The van der Waals surface area contributed by atoms with Crippen molar-refractivity contribution in [3.05, 3.63) is 24.3 Å². The lowest BCUT2D eigenvalue weighted by Crippen LogP contribution is -3.11. The fourth-order valence-electron chi connectivity index (χ4n) is 3.02. The second-order valence-electron chi connectivity index (χ2n) is 7.08. The molecule has 2 atom stereocenters. The number of likely N-dealkylation sites (N-methyl/N-ethyl adjacent to an activating group) is 2. The number of nitrogens with one attached hydrogen (secondary N) is 2. The Morgan fingerprint density at radius 2 is 1.96 bits per heavy atom. The first kappa shape index (κ1) is 18.5. The highest BCUT2D eigenvalue weighted by atomic mass is 16.6. The normalized spacial score (nSPS) is 19.5. The molecule has 0 spiro atoms. The Kier molecular flexibility index (Phi) is 5.98. The van der Waals surface area contributed by atoms with Gasteiger partial charge in [0.25, 0.3) is 11.8 Å². The predicted molar refractivity (Wildman–Crippen MR) is 96.4 cm³/mol. The Morgan fingerprint density at radius 3 is 2.65 bits per heavy atom. The lowest BCUT2D eigenvalue weighted by molar-refractivity contribution is -0.863. The first-order chi connectivity index (χ1) is 12.5. The third-order valence-electron chi connectivity index (χ3n) is 4.58. The van der Waals surface area contributed by atoms with Crippen LogP contribution in [0.2, 0.25) is 0 Å². The highest BCUT2D eigenvalue weighted by molar-refractivity contribution is 5.79. The van der Waals surface area contributed by atoms with Gasteiger partial charge in [-0.1, -0.05) is 12.1 Å². The average Bonchev–Trinajstić information content (AvgIpc) is 3.42. The number of para-hydroxylation sites is 2. The number of hydrogen-bond acceptors (Lipinski definition) is 4. The molecule has 26 heavy (non-hydrogen) atoms. The summed E-state index contributed by atoms with van der Waals surface area (Å²) in [7, 11) is 1.87. The van der Waals surface area contributed by atoms with E-state index in [2.05, 4.69) is 5.32 Å². The van der Waals surface area contributed by atoms with Crippen LogP contribution in [0.5, 0.6) is 11.5 Å². The van der Waals surface area contributed by atoms with Crippen LogP contribution in [0.4, 0.5) is 0 Å². The third-order valence-corrected chi connectivity index (χ3v) is 4.58. The second kappa shape index (κ2) is 8.40. The quantitative estimate of drug-likeness (QED) is 0.652. The van der Waals surface area contributed by atoms with E-state index in [4.69, 9.17) is 9.47 Å². The lowest BCUT2D eigenvalue weighted by Gasteiger charge is -2.31. The van der Waals surface area contributed by atoms with Crippen molar-refractivity contribution < 1.29 is 24.0 Å². The van der Waals surface area contributed by atoms with Gasteiger partial charge in [-0.05, 0) is 31.9 Å². The highest BCUT2D eigenvalue weighted by Gasteiger charge is 2.27. The maximum absolute atomic E-state index is 12.6. The van der Waals surface area contributed by atoms with Crippen LogP contribution in [-0.4, -0.2) is 68.7 Å². The van der Waals surface area contributed by atoms with Crippen molar-refractivity contribution >= 4 is 11.8 Å². The maximum Gasteiger partial charge on any atom is 0.277 e. The van der Waals surface area contributed by atoms with Gasteiger partial charge in [0.05, 0.1) is 13.6 Å². The fraction of sp³-hybridized carbons (Fsp3) is 0.579. The number of carbonyl (C=O) groups is 2. The molecule has 1 aromatic carbocycles. The lowest BCUT2D eigenvalue weighted by atomic mass is 10.2. The average molecular weight is 362 g/mol. The van der Waals surface area contributed by atoms with Crippen molar-refractivity contribution in [2.75, 3.05) is 39.8 Å². The summed E-state index contributed by atoms with van der Waals surface area (Å²) in [5, 5.41) is 2.96. The molecule has 1 aliphatic heterocycles. The minimum Gasteiger partial charge on any atom is -0.486 e. The van der Waals surface area contributed by atoms with Crippen molar-refractivity contribution in [3.63, 3.8) is 0 Å². The summed E-state index contributed by atoms with van der Waals surface area (Å²) in [5.74, 6) is 1.49. The van der Waals surface area contributed by atoms with Gasteiger partial charge in [-0.2, -0.15) is 0 Å². The summed E-state index contributed by atoms with van der Waals surface area (Å²) in [4.78, 5) is 27.1. The van der Waals surface area contributed by atoms with Crippen LogP contribution < -0.4 is 19.7 Å². The number of quaternary nitrogens is 1. The first-order valence-electron chi connectivity index (χ1n) is 9.32. The van der Waals surface area contributed by atoms with Gasteiger partial charge in [0.1, 0.15) is 6.61 Å². The molecule has 142 valence electrons. The zero-order valence-electron chi connectivity index (χ0n) is 15.5. The van der Waals surface area contributed by atoms with Crippen LogP contribution in [-0.2, 0) is 9.59 Å². The number of amides is 2. The molecule has 1 aromatic rings. The van der Waals surface area contributed by atoms with Gasteiger partial charge in [0, 0.05) is 12.6 Å². The van der Waals surface area contributed by atoms with Gasteiger partial charge in [0.15, 0.2) is 30.7 Å². The van der Waals surface area contributed by atoms with Crippen molar-refractivity contribution in [3.8, 4) is 11.5 Å². The summed E-state index contributed by atoms with van der Waals surface area (Å²) in [6.07, 6.45) is 1.95. The van der Waals surface area contributed by atoms with Gasteiger partial charge in [-0.15, -0.1) is 0 Å². The summed E-state index contributed by atoms with van der Waals surface area (Å²) in [6, 6.07) is 7.90. The molecule has 0 saturated heterocycles. The van der Waals surface area contributed by atoms with E-state index in [1.54, 1.807) is 4.90 Å². The molecular formula is C19H28N3O4+. The van der Waals surface area contributed by atoms with Gasteiger partial charge in [-0.25, -0.2) is 0 Å². The standard InChI is InChI=1S/C19H27N3O4/c1-3-22(10-15-13-25-16-6-4-5-7-17(16)26-15)19(24)12-21(2)11-18(23)20-14-8-9-14/h4-7,14-15H,3,8-13H2,1-2H3,(H,20,23)/p+1/t15-/m1/s1. The fourth-order valence-corrected chi connectivity index (χ4v) is 3.02. The van der Waals surface area contributed by atoms with Crippen LogP contribution >= 0.6 is 0 Å². The van der Waals surface area contributed by atoms with Crippen LogP contribution in [0.25, 0.3) is 0 Å². The van der Waals surface area contributed by atoms with E-state index >= 15 is 0 Å². The van der Waals surface area contributed by atoms with Crippen molar-refractivity contribution in [1.29, 1.82) is 0 Å². The van der Waals surface area contributed by atoms with Crippen molar-refractivity contribution in [2.45, 2.75) is 31.9 Å². The van der Waals surface area contributed by atoms with Gasteiger partial charge >= 0.3 is 0 Å². The molecule has 3 rings (SSSR count). The number of rotatable bonds is 8. The van der Waals surface area contributed by atoms with Gasteiger partial charge in [-0.3, -0.25) is 9.59 Å². The molecule has 2 aliphatic rings. The number of ether oxygens (including phenoxy) is 2. The van der Waals surface area contributed by atoms with Crippen LogP contribution in [0.1, 0.15) is 19.8 Å². The van der Waals surface area contributed by atoms with Crippen LogP contribution in [0, 0.1) is 0 Å². The molecule has 1 aliphatic carbocycles. The van der Waals surface area contributed by atoms with E-state index in [9.17, 15) is 9.59 Å². The van der Waals surface area contributed by atoms with Crippen molar-refractivity contribution in [1.82, 2.24) is 10.2 Å². The third kappa shape index (κ3) is 5.11. The first-order valence-corrected chi connectivity index (χ1v) is 9.32. The molecule has 2 amide bonds. The predicted octanol–water partition coefficient (Wildman–Crippen LogP) is -0.532. The number of hydrogen-bond donors (Lipinski definition) is 2. The Labute approximate surface area is 154 Å². The molecule has 1 fully saturated rings. The summed E-state index contributed by atoms with van der Waals surface area (Å²) in [5.41, 5.74) is 0. The topological polar surface area (TPSA) is 72.3 Å². The van der Waals surface area contributed by atoms with E-state index in [1.807, 2.05) is 38.2 Å². The smallest absolute Gasteiger partial charge is 0.277 e. The minimum absolute atomic E-state index is 0.0152. The van der Waals surface area contributed by atoms with Gasteiger partial charge in [0.2, 0.25) is 0 Å². The monoisotopic (exact) mass is 362 g/mol. The molecule has 1 unspecified atom stereocenters. The van der Waals surface area contributed by atoms with E-state index in [1.165, 1.54) is 0 Å². The Balaban J connectivity index is 1.46. The molecular weight excluding hydrogens is 334 g/mol. The van der Waals surface area contributed by atoms with E-state index in [0.29, 0.717) is 38.0 Å². The molecule has 7 heteroatoms. The molecule has 7 nitrogen and oxygen atoms in total. The Hall–Kier alpha value is -2.28. The van der Waals surface area contributed by atoms with E-state index in [-0.39, 0.29) is 24.5 Å². The second-order valence-corrected chi connectivity index (χ2v) is 7.08. The zero-order chi connectivity index (χ0) is 18.5. The van der Waals surface area contributed by atoms with E-state index in [0.717, 1.165) is 23.5 Å². The minimum atomic E-state index is -0.188. The zero-order valence-corrected chi connectivity index (χ0v) is 15.5. The molecule has 2 N–H and O–H groups in total. The van der Waals surface area contributed by atoms with Crippen LogP contribution in [0.3, 0.4) is 0 Å². The largest absolute Gasteiger partial charge is 0.486 e. The summed E-state index contributed by atoms with van der Waals surface area (Å²) < 4.78 is 11.7. The van der Waals surface area contributed by atoms with Crippen molar-refractivity contribution in [2.24, 2.45) is 0 Å². The summed E-state index contributed by atoms with van der Waals surface area (Å²) in [6.45, 7) is 4.05.